The fourth-order valence-electron chi connectivity index (χ4n) is 1.87. The van der Waals surface area contributed by atoms with Crippen LogP contribution in [0.25, 0.3) is 5.65 Å². The molecule has 2 heterocycles. The second-order valence-electron chi connectivity index (χ2n) is 4.16. The number of thioether (sulfide) groups is 1. The molecule has 0 bridgehead atoms. The third-order valence-corrected chi connectivity index (χ3v) is 4.15. The standard InChI is InChI=1S/C14H13BrN4S/c15-12-10-19-8-6-17-14(19)13(18-12)16-7-9-20-11-4-2-1-3-5-11/h1-6,8,10H,7,9H2,(H,16,18). The van der Waals surface area contributed by atoms with Gasteiger partial charge in [-0.05, 0) is 28.1 Å². The lowest BCUT2D eigenvalue weighted by atomic mass is 10.4. The predicted molar refractivity (Wildman–Crippen MR) is 86.3 cm³/mol. The predicted octanol–water partition coefficient (Wildman–Crippen LogP) is 3.70. The van der Waals surface area contributed by atoms with E-state index in [2.05, 4.69) is 55.5 Å². The molecule has 0 aliphatic heterocycles. The van der Waals surface area contributed by atoms with E-state index in [1.165, 1.54) is 4.90 Å². The quantitative estimate of drug-likeness (QED) is 0.563. The molecule has 1 aromatic carbocycles. The van der Waals surface area contributed by atoms with Crippen LogP contribution in [-0.2, 0) is 0 Å². The average molecular weight is 349 g/mol. The minimum atomic E-state index is 0.793. The Balaban J connectivity index is 1.61. The van der Waals surface area contributed by atoms with Crippen molar-refractivity contribution in [3.05, 3.63) is 53.5 Å². The minimum Gasteiger partial charge on any atom is -0.366 e. The van der Waals surface area contributed by atoms with Crippen LogP contribution in [0.4, 0.5) is 5.82 Å². The minimum absolute atomic E-state index is 0.793. The first-order chi connectivity index (χ1) is 9.83. The normalized spacial score (nSPS) is 10.8. The SMILES string of the molecule is Brc1cn2ccnc2c(NCCSc2ccccc2)n1. The molecule has 2 aromatic heterocycles. The highest BCUT2D eigenvalue weighted by atomic mass is 79.9. The summed E-state index contributed by atoms with van der Waals surface area (Å²) in [4.78, 5) is 10.0. The van der Waals surface area contributed by atoms with Gasteiger partial charge in [0.05, 0.1) is 0 Å². The number of rotatable bonds is 5. The first kappa shape index (κ1) is 13.5. The number of nitrogens with zero attached hydrogens (tertiary/aromatic N) is 3. The van der Waals surface area contributed by atoms with Gasteiger partial charge in [-0.2, -0.15) is 0 Å². The van der Waals surface area contributed by atoms with E-state index in [1.54, 1.807) is 6.20 Å². The largest absolute Gasteiger partial charge is 0.366 e. The highest BCUT2D eigenvalue weighted by molar-refractivity contribution is 9.10. The zero-order valence-electron chi connectivity index (χ0n) is 10.7. The van der Waals surface area contributed by atoms with Crippen molar-refractivity contribution in [2.45, 2.75) is 4.90 Å². The van der Waals surface area contributed by atoms with Crippen LogP contribution in [0.2, 0.25) is 0 Å². The van der Waals surface area contributed by atoms with Gasteiger partial charge in [-0.3, -0.25) is 0 Å². The van der Waals surface area contributed by atoms with Gasteiger partial charge in [-0.1, -0.05) is 18.2 Å². The molecule has 0 saturated heterocycles. The molecule has 0 radical (unpaired) electrons. The van der Waals surface area contributed by atoms with Crippen LogP contribution >= 0.6 is 27.7 Å². The zero-order valence-corrected chi connectivity index (χ0v) is 13.1. The third-order valence-electron chi connectivity index (χ3n) is 2.75. The van der Waals surface area contributed by atoms with Gasteiger partial charge in [0.25, 0.3) is 0 Å². The summed E-state index contributed by atoms with van der Waals surface area (Å²) in [7, 11) is 0. The van der Waals surface area contributed by atoms with Gasteiger partial charge in [0.15, 0.2) is 11.5 Å². The Hall–Kier alpha value is -1.53. The number of benzene rings is 1. The number of hydrogen-bond donors (Lipinski definition) is 1. The van der Waals surface area contributed by atoms with Crippen molar-refractivity contribution in [2.24, 2.45) is 0 Å². The van der Waals surface area contributed by atoms with Crippen molar-refractivity contribution in [3.63, 3.8) is 0 Å². The van der Waals surface area contributed by atoms with Crippen LogP contribution in [0.1, 0.15) is 0 Å². The summed E-state index contributed by atoms with van der Waals surface area (Å²) in [5.41, 5.74) is 0.845. The van der Waals surface area contributed by atoms with E-state index < -0.39 is 0 Å². The van der Waals surface area contributed by atoms with Crippen LogP contribution in [0.15, 0.2) is 58.4 Å². The number of fused-ring (bicyclic) bond motifs is 1. The molecular weight excluding hydrogens is 336 g/mol. The summed E-state index contributed by atoms with van der Waals surface area (Å²) >= 11 is 5.23. The lowest BCUT2D eigenvalue weighted by Gasteiger charge is -2.07. The average Bonchev–Trinajstić information content (AvgIpc) is 2.92. The maximum Gasteiger partial charge on any atom is 0.180 e. The molecule has 20 heavy (non-hydrogen) atoms. The van der Waals surface area contributed by atoms with E-state index in [0.717, 1.165) is 28.4 Å². The van der Waals surface area contributed by atoms with E-state index in [9.17, 15) is 0 Å². The lowest BCUT2D eigenvalue weighted by Crippen LogP contribution is -2.07. The van der Waals surface area contributed by atoms with E-state index >= 15 is 0 Å². The maximum absolute atomic E-state index is 4.43. The second kappa shape index (κ2) is 6.28. The van der Waals surface area contributed by atoms with Crippen molar-refractivity contribution in [1.29, 1.82) is 0 Å². The van der Waals surface area contributed by atoms with Gasteiger partial charge < -0.3 is 9.72 Å². The fraction of sp³-hybridized carbons (Fsp3) is 0.143. The topological polar surface area (TPSA) is 42.2 Å². The lowest BCUT2D eigenvalue weighted by molar-refractivity contribution is 1.07. The Labute approximate surface area is 129 Å². The van der Waals surface area contributed by atoms with Gasteiger partial charge >= 0.3 is 0 Å². The number of aromatic nitrogens is 3. The Morgan fingerprint density at radius 2 is 2.10 bits per heavy atom. The first-order valence-corrected chi connectivity index (χ1v) is 8.02. The van der Waals surface area contributed by atoms with Gasteiger partial charge in [-0.15, -0.1) is 11.8 Å². The Bertz CT molecular complexity index is 699. The van der Waals surface area contributed by atoms with Crippen molar-refractivity contribution < 1.29 is 0 Å². The van der Waals surface area contributed by atoms with E-state index in [0.29, 0.717) is 0 Å². The Kier molecular flexibility index (Phi) is 4.22. The van der Waals surface area contributed by atoms with Crippen molar-refractivity contribution >= 4 is 39.2 Å². The van der Waals surface area contributed by atoms with Crippen molar-refractivity contribution in [1.82, 2.24) is 14.4 Å². The van der Waals surface area contributed by atoms with Gasteiger partial charge in [0.1, 0.15) is 4.60 Å². The van der Waals surface area contributed by atoms with Crippen LogP contribution < -0.4 is 5.32 Å². The molecule has 0 amide bonds. The van der Waals surface area contributed by atoms with Gasteiger partial charge in [-0.25, -0.2) is 9.97 Å². The molecule has 0 fully saturated rings. The van der Waals surface area contributed by atoms with Crippen LogP contribution in [0.3, 0.4) is 0 Å². The van der Waals surface area contributed by atoms with Crippen LogP contribution in [0, 0.1) is 0 Å². The zero-order chi connectivity index (χ0) is 13.8. The number of halogens is 1. The molecule has 0 saturated carbocycles. The molecule has 0 aliphatic carbocycles. The fourth-order valence-corrected chi connectivity index (χ4v) is 3.06. The summed E-state index contributed by atoms with van der Waals surface area (Å²) in [6.45, 7) is 0.839. The van der Waals surface area contributed by atoms with Crippen molar-refractivity contribution in [3.8, 4) is 0 Å². The molecule has 6 heteroatoms. The molecule has 102 valence electrons. The molecule has 3 rings (SSSR count). The monoisotopic (exact) mass is 348 g/mol. The molecule has 4 nitrogen and oxygen atoms in total. The summed E-state index contributed by atoms with van der Waals surface area (Å²) < 4.78 is 2.74. The van der Waals surface area contributed by atoms with E-state index in [1.807, 2.05) is 34.6 Å². The summed E-state index contributed by atoms with van der Waals surface area (Å²) in [6, 6.07) is 10.4. The second-order valence-corrected chi connectivity index (χ2v) is 6.14. The van der Waals surface area contributed by atoms with Gasteiger partial charge in [0.2, 0.25) is 0 Å². The van der Waals surface area contributed by atoms with Crippen molar-refractivity contribution in [2.75, 3.05) is 17.6 Å². The Morgan fingerprint density at radius 1 is 1.25 bits per heavy atom. The van der Waals surface area contributed by atoms with Crippen LogP contribution in [0.5, 0.6) is 0 Å². The highest BCUT2D eigenvalue weighted by Gasteiger charge is 2.05. The number of nitrogens with one attached hydrogen (secondary N) is 1. The maximum atomic E-state index is 4.43. The summed E-state index contributed by atoms with van der Waals surface area (Å²) in [5, 5.41) is 3.34. The van der Waals surface area contributed by atoms with E-state index in [4.69, 9.17) is 0 Å². The van der Waals surface area contributed by atoms with Crippen LogP contribution in [-0.4, -0.2) is 26.7 Å². The molecule has 0 unspecified atom stereocenters. The molecular formula is C14H13BrN4S. The first-order valence-electron chi connectivity index (χ1n) is 6.24. The molecule has 0 atom stereocenters. The molecule has 0 spiro atoms. The smallest absolute Gasteiger partial charge is 0.180 e. The Morgan fingerprint density at radius 3 is 2.95 bits per heavy atom. The molecule has 1 N–H and O–H groups in total. The van der Waals surface area contributed by atoms with E-state index in [-0.39, 0.29) is 0 Å². The number of imidazole rings is 1. The summed E-state index contributed by atoms with van der Waals surface area (Å²) in [6.07, 6.45) is 5.57. The highest BCUT2D eigenvalue weighted by Crippen LogP contribution is 2.19. The molecule has 3 aromatic rings. The van der Waals surface area contributed by atoms with Gasteiger partial charge in [0, 0.05) is 35.8 Å². The molecule has 0 aliphatic rings. The third kappa shape index (κ3) is 3.13. The number of anilines is 1. The summed E-state index contributed by atoms with van der Waals surface area (Å²) in [5.74, 6) is 1.78. The number of hydrogen-bond acceptors (Lipinski definition) is 4.